The second kappa shape index (κ2) is 5.98. The van der Waals surface area contributed by atoms with Crippen LogP contribution in [-0.4, -0.2) is 30.8 Å². The molecule has 3 heterocycles. The minimum absolute atomic E-state index is 0.296. The highest BCUT2D eigenvalue weighted by Gasteiger charge is 2.22. The molecule has 1 aromatic heterocycles. The molecule has 1 fully saturated rings. The zero-order valence-corrected chi connectivity index (χ0v) is 13.2. The monoisotopic (exact) mass is 316 g/mol. The molecule has 4 nitrogen and oxygen atoms in total. The van der Waals surface area contributed by atoms with Gasteiger partial charge in [-0.3, -0.25) is 5.32 Å². The molecule has 0 bridgehead atoms. The molecule has 2 N–H and O–H groups in total. The van der Waals surface area contributed by atoms with E-state index in [-0.39, 0.29) is 5.82 Å². The molecule has 0 saturated carbocycles. The Morgan fingerprint density at radius 1 is 1.26 bits per heavy atom. The van der Waals surface area contributed by atoms with Crippen LogP contribution in [0, 0.1) is 12.7 Å². The van der Waals surface area contributed by atoms with Crippen molar-refractivity contribution in [1.82, 2.24) is 15.2 Å². The van der Waals surface area contributed by atoms with E-state index in [0.29, 0.717) is 17.1 Å². The molecular formula is C18H23FN4. The normalized spacial score (nSPS) is 27.3. The molecule has 4 rings (SSSR count). The number of aromatic nitrogens is 1. The highest BCUT2D eigenvalue weighted by Crippen LogP contribution is 2.34. The van der Waals surface area contributed by atoms with Gasteiger partial charge in [0.05, 0.1) is 19.2 Å². The fourth-order valence-electron chi connectivity index (χ4n) is 3.58. The highest BCUT2D eigenvalue weighted by molar-refractivity contribution is 5.88. The lowest BCUT2D eigenvalue weighted by atomic mass is 10.1. The smallest absolute Gasteiger partial charge is 0.156 e. The molecule has 2 aliphatic rings. The maximum Gasteiger partial charge on any atom is 0.156 e. The van der Waals surface area contributed by atoms with E-state index in [0.717, 1.165) is 37.0 Å². The Hall–Kier alpha value is -1.85. The van der Waals surface area contributed by atoms with Crippen LogP contribution in [0.3, 0.4) is 0 Å². The number of piperidine rings is 1. The van der Waals surface area contributed by atoms with Crippen molar-refractivity contribution in [3.05, 3.63) is 42.0 Å². The Bertz CT molecular complexity index is 813. The molecule has 2 aromatic rings. The summed E-state index contributed by atoms with van der Waals surface area (Å²) in [7, 11) is 0. The van der Waals surface area contributed by atoms with E-state index >= 15 is 4.39 Å². The van der Waals surface area contributed by atoms with Crippen LogP contribution in [0.15, 0.2) is 30.6 Å². The minimum atomic E-state index is -0.869. The number of hydrogen-bond donors (Lipinski definition) is 2. The van der Waals surface area contributed by atoms with E-state index in [1.54, 1.807) is 18.3 Å². The number of nitrogens with one attached hydrogen (secondary N) is 2. The molecule has 0 aliphatic carbocycles. The van der Waals surface area contributed by atoms with Crippen molar-refractivity contribution in [3.63, 3.8) is 0 Å². The van der Waals surface area contributed by atoms with Crippen LogP contribution >= 0.6 is 0 Å². The number of fused-ring (bicyclic) bond motifs is 1. The first-order valence-electron chi connectivity index (χ1n) is 9.29. The van der Waals surface area contributed by atoms with Gasteiger partial charge in [0.1, 0.15) is 0 Å². The Morgan fingerprint density at radius 2 is 2.09 bits per heavy atom. The molecule has 1 aromatic carbocycles. The molecule has 0 radical (unpaired) electrons. The first-order chi connectivity index (χ1) is 12.1. The molecule has 122 valence electrons. The third kappa shape index (κ3) is 2.54. The van der Waals surface area contributed by atoms with Gasteiger partial charge in [-0.1, -0.05) is 6.08 Å². The summed E-state index contributed by atoms with van der Waals surface area (Å²) < 4.78 is 33.2. The average Bonchev–Trinajstić information content (AvgIpc) is 2.94. The molecule has 1 saturated heterocycles. The van der Waals surface area contributed by atoms with Crippen molar-refractivity contribution in [3.8, 4) is 0 Å². The van der Waals surface area contributed by atoms with Crippen molar-refractivity contribution >= 4 is 16.6 Å². The minimum Gasteiger partial charge on any atom is -0.344 e. The molecular weight excluding hydrogens is 291 g/mol. The van der Waals surface area contributed by atoms with E-state index in [9.17, 15) is 0 Å². The number of halogens is 1. The lowest BCUT2D eigenvalue weighted by molar-refractivity contribution is 0.376. The second-order valence-electron chi connectivity index (χ2n) is 6.20. The number of anilines is 1. The van der Waals surface area contributed by atoms with E-state index in [2.05, 4.69) is 21.4 Å². The summed E-state index contributed by atoms with van der Waals surface area (Å²) in [6.45, 7) is 2.42. The fourth-order valence-corrected chi connectivity index (χ4v) is 3.58. The number of nitrogens with zero attached hydrogens (tertiary/aromatic N) is 2. The maximum atomic E-state index is 15.3. The standard InChI is InChI=1S/C18H23FN4/c1-13-11-23(14-5-8-20-9-6-14)15-3-4-16(18(19)17(13)15)22-10-2-7-21-12-22/h2-4,10-11,14,20-21H,5-9,12H2,1H3/i7D,12D. The van der Waals surface area contributed by atoms with Crippen LogP contribution in [0.2, 0.25) is 0 Å². The summed E-state index contributed by atoms with van der Waals surface area (Å²) in [4.78, 5) is 1.53. The second-order valence-corrected chi connectivity index (χ2v) is 6.20. The van der Waals surface area contributed by atoms with Gasteiger partial charge in [0.2, 0.25) is 0 Å². The lowest BCUT2D eigenvalue weighted by Crippen LogP contribution is -2.34. The summed E-state index contributed by atoms with van der Waals surface area (Å²) in [6.07, 6.45) is 7.38. The first kappa shape index (κ1) is 12.6. The van der Waals surface area contributed by atoms with Crippen LogP contribution in [0.4, 0.5) is 10.1 Å². The number of benzene rings is 1. The third-order valence-corrected chi connectivity index (χ3v) is 4.74. The Labute approximate surface area is 138 Å². The van der Waals surface area contributed by atoms with Crippen molar-refractivity contribution in [2.45, 2.75) is 25.8 Å². The van der Waals surface area contributed by atoms with Gasteiger partial charge in [-0.2, -0.15) is 0 Å². The SMILES string of the molecule is [2H]C1C=CN(c2ccc3c(c(C)cn3C3CCNCC3)c2F)C([2H])N1. The van der Waals surface area contributed by atoms with Crippen LogP contribution in [0.5, 0.6) is 0 Å². The topological polar surface area (TPSA) is 32.2 Å². The van der Waals surface area contributed by atoms with Crippen LogP contribution in [-0.2, 0) is 0 Å². The van der Waals surface area contributed by atoms with Crippen molar-refractivity contribution < 1.29 is 7.13 Å². The zero-order chi connectivity index (χ0) is 17.6. The van der Waals surface area contributed by atoms with Gasteiger partial charge < -0.3 is 14.8 Å². The van der Waals surface area contributed by atoms with Gasteiger partial charge in [0.25, 0.3) is 0 Å². The summed E-state index contributed by atoms with van der Waals surface area (Å²) in [6, 6.07) is 4.09. The van der Waals surface area contributed by atoms with Gasteiger partial charge in [-0.15, -0.1) is 0 Å². The van der Waals surface area contributed by atoms with Crippen molar-refractivity contribution in [1.29, 1.82) is 0 Å². The van der Waals surface area contributed by atoms with Gasteiger partial charge in [0.15, 0.2) is 5.82 Å². The molecule has 0 spiro atoms. The van der Waals surface area contributed by atoms with Crippen molar-refractivity contribution in [2.75, 3.05) is 31.2 Å². The molecule has 2 unspecified atom stereocenters. The molecule has 5 heteroatoms. The predicted molar refractivity (Wildman–Crippen MR) is 92.3 cm³/mol. The van der Waals surface area contributed by atoms with Crippen LogP contribution < -0.4 is 15.5 Å². The van der Waals surface area contributed by atoms with Gasteiger partial charge in [-0.05, 0) is 50.6 Å². The summed E-state index contributed by atoms with van der Waals surface area (Å²) in [5.41, 5.74) is 2.20. The maximum absolute atomic E-state index is 15.3. The number of aryl methyl sites for hydroxylation is 1. The largest absolute Gasteiger partial charge is 0.344 e. The average molecular weight is 316 g/mol. The van der Waals surface area contributed by atoms with Crippen LogP contribution in [0.25, 0.3) is 10.9 Å². The van der Waals surface area contributed by atoms with E-state index in [1.165, 1.54) is 4.90 Å². The summed E-state index contributed by atoms with van der Waals surface area (Å²) in [5, 5.41) is 6.76. The number of rotatable bonds is 2. The van der Waals surface area contributed by atoms with Gasteiger partial charge >= 0.3 is 0 Å². The number of hydrogen-bond acceptors (Lipinski definition) is 3. The highest BCUT2D eigenvalue weighted by atomic mass is 19.1. The first-order valence-corrected chi connectivity index (χ1v) is 8.14. The van der Waals surface area contributed by atoms with E-state index in [1.807, 2.05) is 13.0 Å². The van der Waals surface area contributed by atoms with Crippen molar-refractivity contribution in [2.24, 2.45) is 0 Å². The Kier molecular flexibility index (Phi) is 3.27. The summed E-state index contributed by atoms with van der Waals surface area (Å²) in [5.74, 6) is -0.296. The molecule has 2 atom stereocenters. The Balaban J connectivity index is 1.78. The third-order valence-electron chi connectivity index (χ3n) is 4.74. The van der Waals surface area contributed by atoms with E-state index < -0.39 is 13.2 Å². The molecule has 0 amide bonds. The van der Waals surface area contributed by atoms with Crippen LogP contribution in [0.1, 0.15) is 27.2 Å². The van der Waals surface area contributed by atoms with Gasteiger partial charge in [0, 0.05) is 31.7 Å². The quantitative estimate of drug-likeness (QED) is 0.893. The van der Waals surface area contributed by atoms with E-state index in [4.69, 9.17) is 2.74 Å². The zero-order valence-electron chi connectivity index (χ0n) is 15.2. The summed E-state index contributed by atoms with van der Waals surface area (Å²) >= 11 is 0. The molecule has 23 heavy (non-hydrogen) atoms. The van der Waals surface area contributed by atoms with Gasteiger partial charge in [-0.25, -0.2) is 4.39 Å². The lowest BCUT2D eigenvalue weighted by Gasteiger charge is -2.26. The predicted octanol–water partition coefficient (Wildman–Crippen LogP) is 2.89. The molecule has 2 aliphatic heterocycles. The Morgan fingerprint density at radius 3 is 2.87 bits per heavy atom. The fraction of sp³-hybridized carbons (Fsp3) is 0.444.